The van der Waals surface area contributed by atoms with Gasteiger partial charge in [-0.15, -0.1) is 0 Å². The summed E-state index contributed by atoms with van der Waals surface area (Å²) in [6.07, 6.45) is 0. The molecule has 0 heterocycles. The minimum atomic E-state index is -0.0862. The molecule has 0 aromatic heterocycles. The number of aromatic hydroxyl groups is 2. The van der Waals surface area contributed by atoms with E-state index in [2.05, 4.69) is 126 Å². The number of para-hydroxylation sites is 2. The number of phenols is 2. The van der Waals surface area contributed by atoms with Crippen LogP contribution in [0, 0.1) is 0 Å². The normalized spacial score (nSPS) is 11.0. The van der Waals surface area contributed by atoms with E-state index in [1.165, 1.54) is 0 Å². The van der Waals surface area contributed by atoms with Crippen LogP contribution in [0.25, 0.3) is 22.3 Å². The Morgan fingerprint density at radius 3 is 1.11 bits per heavy atom. The fraction of sp³-hybridized carbons (Fsp3) is 0.0233. The molecule has 0 aliphatic rings. The first kappa shape index (κ1) is 28.7. The van der Waals surface area contributed by atoms with Gasteiger partial charge in [0.2, 0.25) is 0 Å². The zero-order chi connectivity index (χ0) is 31.3. The zero-order valence-electron chi connectivity index (χ0n) is 25.2. The van der Waals surface area contributed by atoms with Crippen LogP contribution in [0.3, 0.4) is 0 Å². The van der Waals surface area contributed by atoms with E-state index >= 15 is 0 Å². The van der Waals surface area contributed by atoms with Crippen molar-refractivity contribution in [2.75, 3.05) is 4.90 Å². The number of phenolic OH excluding ortho intramolecular Hbond substituents is 2. The summed E-state index contributed by atoms with van der Waals surface area (Å²) in [4.78, 5) is 2.35. The highest BCUT2D eigenvalue weighted by Gasteiger charge is 2.22. The van der Waals surface area contributed by atoms with E-state index in [1.54, 1.807) is 24.3 Å². The third kappa shape index (κ3) is 5.87. The Hall–Kier alpha value is -6.06. The second-order valence-corrected chi connectivity index (χ2v) is 11.3. The third-order valence-electron chi connectivity index (χ3n) is 8.40. The summed E-state index contributed by atoms with van der Waals surface area (Å²) in [6.45, 7) is 0. The van der Waals surface area contributed by atoms with Gasteiger partial charge in [-0.25, -0.2) is 0 Å². The standard InChI is InChI=1S/C43H33NO2/c45-37-27-21-34(22-28-37)43(35-23-29-38(46)30-24-35)33-19-25-36(26-20-33)44(41-17-9-7-15-39(41)31-11-3-1-4-12-31)42-18-10-8-16-40(42)32-13-5-2-6-14-32/h1-30,43,45-46H. The van der Waals surface area contributed by atoms with Crippen molar-refractivity contribution in [3.05, 3.63) is 199 Å². The zero-order valence-corrected chi connectivity index (χ0v) is 25.2. The first-order valence-electron chi connectivity index (χ1n) is 15.4. The number of hydrogen-bond donors (Lipinski definition) is 2. The van der Waals surface area contributed by atoms with Crippen molar-refractivity contribution < 1.29 is 10.2 Å². The summed E-state index contributed by atoms with van der Waals surface area (Å²) in [5, 5.41) is 20.0. The molecule has 0 unspecified atom stereocenters. The highest BCUT2D eigenvalue weighted by molar-refractivity contribution is 5.93. The Labute approximate surface area is 269 Å². The van der Waals surface area contributed by atoms with Gasteiger partial charge in [0.05, 0.1) is 11.4 Å². The van der Waals surface area contributed by atoms with Crippen molar-refractivity contribution in [1.29, 1.82) is 0 Å². The van der Waals surface area contributed by atoms with Crippen LogP contribution >= 0.6 is 0 Å². The molecule has 2 N–H and O–H groups in total. The summed E-state index contributed by atoms with van der Waals surface area (Å²) in [6, 6.07) is 61.6. The van der Waals surface area contributed by atoms with Crippen LogP contribution in [0.1, 0.15) is 22.6 Å². The molecule has 0 aliphatic heterocycles. The summed E-state index contributed by atoms with van der Waals surface area (Å²) in [7, 11) is 0. The van der Waals surface area contributed by atoms with Gasteiger partial charge in [-0.05, 0) is 76.3 Å². The number of hydrogen-bond acceptors (Lipinski definition) is 3. The minimum absolute atomic E-state index is 0.0862. The molecule has 0 saturated carbocycles. The molecule has 0 aliphatic carbocycles. The molecule has 0 spiro atoms. The molecule has 0 saturated heterocycles. The van der Waals surface area contributed by atoms with E-state index in [0.29, 0.717) is 0 Å². The summed E-state index contributed by atoms with van der Waals surface area (Å²) in [5.74, 6) is 0.374. The molecule has 0 radical (unpaired) electrons. The molecule has 222 valence electrons. The molecule has 7 aromatic rings. The molecule has 3 nitrogen and oxygen atoms in total. The maximum atomic E-state index is 10.0. The van der Waals surface area contributed by atoms with Crippen LogP contribution in [-0.2, 0) is 0 Å². The van der Waals surface area contributed by atoms with Crippen molar-refractivity contribution in [3.8, 4) is 33.8 Å². The van der Waals surface area contributed by atoms with Gasteiger partial charge in [-0.3, -0.25) is 0 Å². The Morgan fingerprint density at radius 1 is 0.348 bits per heavy atom. The fourth-order valence-electron chi connectivity index (χ4n) is 6.20. The van der Waals surface area contributed by atoms with E-state index < -0.39 is 0 Å². The molecular formula is C43H33NO2. The van der Waals surface area contributed by atoms with Gasteiger partial charge in [0, 0.05) is 22.7 Å². The number of anilines is 3. The largest absolute Gasteiger partial charge is 0.508 e. The summed E-state index contributed by atoms with van der Waals surface area (Å²) in [5.41, 5.74) is 11.0. The Balaban J connectivity index is 1.40. The van der Waals surface area contributed by atoms with E-state index in [4.69, 9.17) is 0 Å². The molecule has 0 bridgehead atoms. The van der Waals surface area contributed by atoms with Crippen molar-refractivity contribution in [3.63, 3.8) is 0 Å². The second-order valence-electron chi connectivity index (χ2n) is 11.3. The van der Waals surface area contributed by atoms with Crippen molar-refractivity contribution in [2.45, 2.75) is 5.92 Å². The van der Waals surface area contributed by atoms with E-state index in [9.17, 15) is 10.2 Å². The van der Waals surface area contributed by atoms with E-state index in [-0.39, 0.29) is 17.4 Å². The van der Waals surface area contributed by atoms with Gasteiger partial charge >= 0.3 is 0 Å². The molecular weight excluding hydrogens is 562 g/mol. The minimum Gasteiger partial charge on any atom is -0.508 e. The van der Waals surface area contributed by atoms with Crippen molar-refractivity contribution >= 4 is 17.1 Å². The predicted molar refractivity (Wildman–Crippen MR) is 189 cm³/mol. The Kier molecular flexibility index (Phi) is 8.04. The maximum absolute atomic E-state index is 10.0. The molecule has 7 rings (SSSR count). The lowest BCUT2D eigenvalue weighted by Gasteiger charge is -2.30. The molecule has 3 heteroatoms. The average molecular weight is 596 g/mol. The van der Waals surface area contributed by atoms with Crippen LogP contribution in [0.5, 0.6) is 11.5 Å². The van der Waals surface area contributed by atoms with Crippen LogP contribution < -0.4 is 4.90 Å². The lowest BCUT2D eigenvalue weighted by atomic mass is 9.85. The van der Waals surface area contributed by atoms with Gasteiger partial charge < -0.3 is 15.1 Å². The van der Waals surface area contributed by atoms with Crippen molar-refractivity contribution in [2.24, 2.45) is 0 Å². The molecule has 0 amide bonds. The van der Waals surface area contributed by atoms with Gasteiger partial charge in [0.1, 0.15) is 11.5 Å². The molecule has 7 aromatic carbocycles. The van der Waals surface area contributed by atoms with Gasteiger partial charge in [0.25, 0.3) is 0 Å². The second kappa shape index (κ2) is 12.9. The van der Waals surface area contributed by atoms with Crippen LogP contribution in [0.2, 0.25) is 0 Å². The van der Waals surface area contributed by atoms with E-state index in [1.807, 2.05) is 36.4 Å². The molecule has 0 fully saturated rings. The number of benzene rings is 7. The Bertz CT molecular complexity index is 1910. The first-order chi connectivity index (χ1) is 22.7. The van der Waals surface area contributed by atoms with Crippen LogP contribution in [0.4, 0.5) is 17.1 Å². The smallest absolute Gasteiger partial charge is 0.115 e. The number of nitrogens with zero attached hydrogens (tertiary/aromatic N) is 1. The molecule has 46 heavy (non-hydrogen) atoms. The predicted octanol–water partition coefficient (Wildman–Crippen LogP) is 11.1. The third-order valence-corrected chi connectivity index (χ3v) is 8.40. The van der Waals surface area contributed by atoms with E-state index in [0.717, 1.165) is 56.0 Å². The fourth-order valence-corrected chi connectivity index (χ4v) is 6.20. The van der Waals surface area contributed by atoms with Crippen molar-refractivity contribution in [1.82, 2.24) is 0 Å². The highest BCUT2D eigenvalue weighted by atomic mass is 16.3. The maximum Gasteiger partial charge on any atom is 0.115 e. The lowest BCUT2D eigenvalue weighted by molar-refractivity contribution is 0.475. The quantitative estimate of drug-likeness (QED) is 0.172. The van der Waals surface area contributed by atoms with Crippen LogP contribution in [-0.4, -0.2) is 10.2 Å². The SMILES string of the molecule is Oc1ccc(C(c2ccc(O)cc2)c2ccc(N(c3ccccc3-c3ccccc3)c3ccccc3-c3ccccc3)cc2)cc1. The van der Waals surface area contributed by atoms with Gasteiger partial charge in [-0.2, -0.15) is 0 Å². The topological polar surface area (TPSA) is 43.7 Å². The van der Waals surface area contributed by atoms with Crippen LogP contribution in [0.15, 0.2) is 182 Å². The summed E-state index contributed by atoms with van der Waals surface area (Å²) >= 11 is 0. The molecule has 0 atom stereocenters. The monoisotopic (exact) mass is 595 g/mol. The van der Waals surface area contributed by atoms with Gasteiger partial charge in [-0.1, -0.05) is 133 Å². The first-order valence-corrected chi connectivity index (χ1v) is 15.4. The Morgan fingerprint density at radius 2 is 0.696 bits per heavy atom. The lowest BCUT2D eigenvalue weighted by Crippen LogP contribution is -2.13. The average Bonchev–Trinajstić information content (AvgIpc) is 3.12. The number of rotatable bonds is 8. The van der Waals surface area contributed by atoms with Gasteiger partial charge in [0.15, 0.2) is 0 Å². The highest BCUT2D eigenvalue weighted by Crippen LogP contribution is 2.45. The summed E-state index contributed by atoms with van der Waals surface area (Å²) < 4.78 is 0.